The predicted molar refractivity (Wildman–Crippen MR) is 112 cm³/mol. The number of ether oxygens (including phenoxy) is 4. The van der Waals surface area contributed by atoms with E-state index in [1.807, 2.05) is 31.2 Å². The Bertz CT molecular complexity index is 918. The number of amides is 1. The summed E-state index contributed by atoms with van der Waals surface area (Å²) in [6, 6.07) is 11.4. The normalized spacial score (nSPS) is 12.5. The number of fused-ring (bicyclic) bond motifs is 1. The lowest BCUT2D eigenvalue weighted by Gasteiger charge is -2.20. The van der Waals surface area contributed by atoms with Crippen molar-refractivity contribution in [2.24, 2.45) is 0 Å². The summed E-state index contributed by atoms with van der Waals surface area (Å²) in [5, 5.41) is 0. The van der Waals surface area contributed by atoms with Crippen molar-refractivity contribution in [1.29, 1.82) is 0 Å². The van der Waals surface area contributed by atoms with Crippen molar-refractivity contribution in [1.82, 2.24) is 4.90 Å². The summed E-state index contributed by atoms with van der Waals surface area (Å²) in [6.07, 6.45) is 2.84. The number of hydrogen-bond donors (Lipinski definition) is 0. The molecule has 0 N–H and O–H groups in total. The van der Waals surface area contributed by atoms with Crippen molar-refractivity contribution in [2.75, 3.05) is 34.0 Å². The van der Waals surface area contributed by atoms with E-state index in [9.17, 15) is 9.59 Å². The van der Waals surface area contributed by atoms with Crippen molar-refractivity contribution >= 4 is 18.0 Å². The Hall–Kier alpha value is -3.48. The minimum Gasteiger partial charge on any atom is -0.493 e. The van der Waals surface area contributed by atoms with E-state index in [-0.39, 0.29) is 12.5 Å². The van der Waals surface area contributed by atoms with Crippen molar-refractivity contribution in [2.45, 2.75) is 13.5 Å². The highest BCUT2D eigenvalue weighted by Crippen LogP contribution is 2.40. The second kappa shape index (κ2) is 9.82. The number of carbonyl (C=O) groups is 2. The van der Waals surface area contributed by atoms with E-state index in [0.29, 0.717) is 42.6 Å². The molecule has 0 fully saturated rings. The number of carbonyl (C=O) groups excluding carboxylic acids is 2. The van der Waals surface area contributed by atoms with Crippen LogP contribution in [0.3, 0.4) is 0 Å². The zero-order valence-corrected chi connectivity index (χ0v) is 17.3. The van der Waals surface area contributed by atoms with Crippen LogP contribution < -0.4 is 14.2 Å². The van der Waals surface area contributed by atoms with Crippen LogP contribution in [0.15, 0.2) is 42.5 Å². The summed E-state index contributed by atoms with van der Waals surface area (Å²) in [4.78, 5) is 25.8. The van der Waals surface area contributed by atoms with Gasteiger partial charge in [0.25, 0.3) is 5.91 Å². The van der Waals surface area contributed by atoms with E-state index in [0.717, 1.165) is 11.1 Å². The molecule has 2 aromatic carbocycles. The number of benzene rings is 2. The Morgan fingerprint density at radius 3 is 2.60 bits per heavy atom. The molecule has 0 atom stereocenters. The summed E-state index contributed by atoms with van der Waals surface area (Å²) < 4.78 is 21.5. The van der Waals surface area contributed by atoms with Crippen LogP contribution >= 0.6 is 0 Å². The van der Waals surface area contributed by atoms with Crippen LogP contribution in [0.2, 0.25) is 0 Å². The fourth-order valence-corrected chi connectivity index (χ4v) is 2.90. The minimum atomic E-state index is -0.610. The Kier molecular flexibility index (Phi) is 6.95. The highest BCUT2D eigenvalue weighted by atomic mass is 16.6. The van der Waals surface area contributed by atoms with Crippen molar-refractivity contribution in [3.63, 3.8) is 0 Å². The number of esters is 1. The molecule has 0 unspecified atom stereocenters. The maximum absolute atomic E-state index is 12.2. The second-order valence-electron chi connectivity index (χ2n) is 6.92. The van der Waals surface area contributed by atoms with Crippen molar-refractivity contribution in [3.05, 3.63) is 59.2 Å². The van der Waals surface area contributed by atoms with Gasteiger partial charge >= 0.3 is 5.97 Å². The number of hydrogen-bond acceptors (Lipinski definition) is 6. The SMILES string of the molecule is COc1cc(/C=C/C(=O)OCC(=O)N(C)Cc2ccc(C)cc2)cc2c1OCCO2. The summed E-state index contributed by atoms with van der Waals surface area (Å²) in [7, 11) is 3.21. The molecule has 2 aromatic rings. The van der Waals surface area contributed by atoms with Gasteiger partial charge in [0.15, 0.2) is 18.1 Å². The van der Waals surface area contributed by atoms with Crippen LogP contribution in [0.25, 0.3) is 6.08 Å². The summed E-state index contributed by atoms with van der Waals surface area (Å²) in [5.41, 5.74) is 2.86. The summed E-state index contributed by atoms with van der Waals surface area (Å²) >= 11 is 0. The third-order valence-electron chi connectivity index (χ3n) is 4.57. The molecule has 7 nitrogen and oxygen atoms in total. The van der Waals surface area contributed by atoms with Crippen molar-refractivity contribution in [3.8, 4) is 17.2 Å². The fraction of sp³-hybridized carbons (Fsp3) is 0.304. The van der Waals surface area contributed by atoms with Gasteiger partial charge in [0.1, 0.15) is 13.2 Å². The monoisotopic (exact) mass is 411 g/mol. The van der Waals surface area contributed by atoms with Crippen LogP contribution in [0.1, 0.15) is 16.7 Å². The van der Waals surface area contributed by atoms with Crippen molar-refractivity contribution < 1.29 is 28.5 Å². The lowest BCUT2D eigenvalue weighted by Crippen LogP contribution is -2.30. The molecule has 1 amide bonds. The van der Waals surface area contributed by atoms with E-state index in [2.05, 4.69) is 0 Å². The topological polar surface area (TPSA) is 74.3 Å². The number of aryl methyl sites for hydroxylation is 1. The Balaban J connectivity index is 1.53. The molecule has 1 aliphatic heterocycles. The van der Waals surface area contributed by atoms with Gasteiger partial charge < -0.3 is 23.8 Å². The zero-order valence-electron chi connectivity index (χ0n) is 17.3. The number of rotatable bonds is 7. The van der Waals surface area contributed by atoms with Gasteiger partial charge in [-0.05, 0) is 36.3 Å². The van der Waals surface area contributed by atoms with E-state index in [1.54, 1.807) is 25.3 Å². The lowest BCUT2D eigenvalue weighted by molar-refractivity contribution is -0.147. The molecule has 0 spiro atoms. The fourth-order valence-electron chi connectivity index (χ4n) is 2.90. The van der Waals surface area contributed by atoms with Crippen LogP contribution in [-0.4, -0.2) is 50.8 Å². The quantitative estimate of drug-likeness (QED) is 0.515. The average Bonchev–Trinajstić information content (AvgIpc) is 2.76. The Morgan fingerprint density at radius 2 is 1.87 bits per heavy atom. The number of methoxy groups -OCH3 is 1. The Morgan fingerprint density at radius 1 is 1.13 bits per heavy atom. The first kappa shape index (κ1) is 21.2. The molecule has 3 rings (SSSR count). The molecule has 0 saturated heterocycles. The first-order valence-electron chi connectivity index (χ1n) is 9.58. The molecule has 1 aliphatic rings. The first-order valence-corrected chi connectivity index (χ1v) is 9.58. The molecular formula is C23H25NO6. The lowest BCUT2D eigenvalue weighted by atomic mass is 10.1. The van der Waals surface area contributed by atoms with Crippen LogP contribution in [0.4, 0.5) is 0 Å². The molecule has 0 bridgehead atoms. The zero-order chi connectivity index (χ0) is 21.5. The molecule has 7 heteroatoms. The average molecular weight is 411 g/mol. The van der Waals surface area contributed by atoms with E-state index >= 15 is 0 Å². The largest absolute Gasteiger partial charge is 0.493 e. The van der Waals surface area contributed by atoms with Gasteiger partial charge in [0, 0.05) is 19.7 Å². The third kappa shape index (κ3) is 5.53. The predicted octanol–water partition coefficient (Wildman–Crippen LogP) is 2.99. The number of likely N-dealkylation sites (N-methyl/N-ethyl adjacent to an activating group) is 1. The van der Waals surface area contributed by atoms with Gasteiger partial charge in [0.2, 0.25) is 5.75 Å². The van der Waals surface area contributed by atoms with Gasteiger partial charge in [-0.3, -0.25) is 4.79 Å². The first-order chi connectivity index (χ1) is 14.5. The maximum atomic E-state index is 12.2. The molecule has 0 aromatic heterocycles. The van der Waals surface area contributed by atoms with Gasteiger partial charge in [-0.25, -0.2) is 4.79 Å². The highest BCUT2D eigenvalue weighted by Gasteiger charge is 2.18. The molecule has 0 saturated carbocycles. The smallest absolute Gasteiger partial charge is 0.331 e. The summed E-state index contributed by atoms with van der Waals surface area (Å²) in [5.74, 6) is 0.736. The van der Waals surface area contributed by atoms with Crippen LogP contribution in [0.5, 0.6) is 17.2 Å². The maximum Gasteiger partial charge on any atom is 0.331 e. The molecule has 30 heavy (non-hydrogen) atoms. The van der Waals surface area contributed by atoms with Gasteiger partial charge in [-0.1, -0.05) is 29.8 Å². The van der Waals surface area contributed by atoms with Gasteiger partial charge in [-0.2, -0.15) is 0 Å². The second-order valence-corrected chi connectivity index (χ2v) is 6.92. The van der Waals surface area contributed by atoms with Crippen LogP contribution in [0, 0.1) is 6.92 Å². The van der Waals surface area contributed by atoms with Gasteiger partial charge in [-0.15, -0.1) is 0 Å². The highest BCUT2D eigenvalue weighted by molar-refractivity contribution is 5.89. The van der Waals surface area contributed by atoms with E-state index in [1.165, 1.54) is 18.1 Å². The standard InChI is InChI=1S/C23H25NO6/c1-16-4-6-17(7-5-16)14-24(2)21(25)15-30-22(26)9-8-18-12-19(27-3)23-20(13-18)28-10-11-29-23/h4-9,12-13H,10-11,14-15H2,1-3H3/b9-8+. The molecule has 1 heterocycles. The number of nitrogens with zero attached hydrogens (tertiary/aromatic N) is 1. The van der Waals surface area contributed by atoms with Gasteiger partial charge in [0.05, 0.1) is 7.11 Å². The van der Waals surface area contributed by atoms with E-state index < -0.39 is 5.97 Å². The summed E-state index contributed by atoms with van der Waals surface area (Å²) in [6.45, 7) is 3.03. The molecule has 158 valence electrons. The third-order valence-corrected chi connectivity index (χ3v) is 4.57. The molecular weight excluding hydrogens is 386 g/mol. The molecule has 0 radical (unpaired) electrons. The van der Waals surface area contributed by atoms with Crippen LogP contribution in [-0.2, 0) is 20.9 Å². The van der Waals surface area contributed by atoms with E-state index in [4.69, 9.17) is 18.9 Å². The minimum absolute atomic E-state index is 0.279. The Labute approximate surface area is 175 Å². The molecule has 0 aliphatic carbocycles.